The lowest BCUT2D eigenvalue weighted by molar-refractivity contribution is 0.530. The van der Waals surface area contributed by atoms with Crippen LogP contribution in [0.4, 0.5) is 0 Å². The van der Waals surface area contributed by atoms with Gasteiger partial charge in [-0.3, -0.25) is 0 Å². The van der Waals surface area contributed by atoms with Crippen molar-refractivity contribution >= 4 is 11.3 Å². The summed E-state index contributed by atoms with van der Waals surface area (Å²) in [6, 6.07) is 6.22. The Hall–Kier alpha value is -1.06. The zero-order chi connectivity index (χ0) is 12.6. The molecule has 2 N–H and O–H groups in total. The molecule has 3 heteroatoms. The zero-order valence-corrected chi connectivity index (χ0v) is 11.6. The molecule has 2 rings (SSSR count). The monoisotopic (exact) mass is 249 g/mol. The number of hydrogen-bond acceptors (Lipinski definition) is 3. The largest absolute Gasteiger partial charge is 0.469 e. The maximum Gasteiger partial charge on any atom is 0.101 e. The van der Waals surface area contributed by atoms with Gasteiger partial charge in [-0.25, -0.2) is 0 Å². The van der Waals surface area contributed by atoms with Crippen LogP contribution < -0.4 is 5.73 Å². The number of furan rings is 1. The van der Waals surface area contributed by atoms with E-state index in [2.05, 4.69) is 32.9 Å². The normalized spacial score (nSPS) is 13.9. The summed E-state index contributed by atoms with van der Waals surface area (Å²) in [5.41, 5.74) is 7.47. The summed E-state index contributed by atoms with van der Waals surface area (Å²) in [5.74, 6) is 0.906. The summed E-state index contributed by atoms with van der Waals surface area (Å²) < 4.78 is 5.31. The predicted molar refractivity (Wildman–Crippen MR) is 72.5 cm³/mol. The van der Waals surface area contributed by atoms with E-state index in [0.717, 1.165) is 11.3 Å². The van der Waals surface area contributed by atoms with Crippen molar-refractivity contribution in [2.75, 3.05) is 0 Å². The first-order valence-corrected chi connectivity index (χ1v) is 6.60. The minimum atomic E-state index is -0.0754. The molecule has 17 heavy (non-hydrogen) atoms. The lowest BCUT2D eigenvalue weighted by Crippen LogP contribution is -2.10. The maximum absolute atomic E-state index is 6.24. The topological polar surface area (TPSA) is 39.2 Å². The van der Waals surface area contributed by atoms with Gasteiger partial charge in [0.2, 0.25) is 0 Å². The predicted octanol–water partition coefficient (Wildman–Crippen LogP) is 4.00. The average molecular weight is 249 g/mol. The van der Waals surface area contributed by atoms with E-state index in [1.807, 2.05) is 13.0 Å². The molecule has 0 aliphatic rings. The third-order valence-electron chi connectivity index (χ3n) is 2.78. The molecule has 0 amide bonds. The van der Waals surface area contributed by atoms with E-state index in [-0.39, 0.29) is 11.5 Å². The third-order valence-corrected chi connectivity index (χ3v) is 4.38. The van der Waals surface area contributed by atoms with Crippen LogP contribution in [0.2, 0.25) is 0 Å². The Morgan fingerprint density at radius 2 is 2.00 bits per heavy atom. The molecule has 0 saturated heterocycles. The van der Waals surface area contributed by atoms with E-state index < -0.39 is 0 Å². The second kappa shape index (κ2) is 4.31. The Labute approximate surface area is 106 Å². The molecule has 0 aromatic carbocycles. The molecule has 0 fully saturated rings. The molecule has 0 aliphatic carbocycles. The highest BCUT2D eigenvalue weighted by Gasteiger charge is 2.19. The van der Waals surface area contributed by atoms with Crippen molar-refractivity contribution in [3.8, 4) is 0 Å². The van der Waals surface area contributed by atoms with Gasteiger partial charge in [0.05, 0.1) is 12.3 Å². The number of hydrogen-bond donors (Lipinski definition) is 1. The highest BCUT2D eigenvalue weighted by molar-refractivity contribution is 7.12. The standard InChI is InChI=1S/C14H19NOS/c1-9-7-10(8-16-9)13(15)11-5-6-12(17-11)14(2,3)4/h5-8,13H,15H2,1-4H3. The number of rotatable bonds is 2. The first kappa shape index (κ1) is 12.4. The van der Waals surface area contributed by atoms with Gasteiger partial charge in [0, 0.05) is 15.3 Å². The van der Waals surface area contributed by atoms with Crippen LogP contribution in [0.25, 0.3) is 0 Å². The van der Waals surface area contributed by atoms with Gasteiger partial charge in [-0.15, -0.1) is 11.3 Å². The average Bonchev–Trinajstić information content (AvgIpc) is 2.83. The number of nitrogens with two attached hydrogens (primary N) is 1. The lowest BCUT2D eigenvalue weighted by Gasteiger charge is -2.15. The summed E-state index contributed by atoms with van der Waals surface area (Å²) in [5, 5.41) is 0. The van der Waals surface area contributed by atoms with Crippen molar-refractivity contribution in [3.05, 3.63) is 45.5 Å². The molecule has 1 unspecified atom stereocenters. The van der Waals surface area contributed by atoms with Gasteiger partial charge in [-0.2, -0.15) is 0 Å². The Morgan fingerprint density at radius 3 is 2.47 bits per heavy atom. The van der Waals surface area contributed by atoms with Crippen LogP contribution in [0.1, 0.15) is 47.9 Å². The fourth-order valence-electron chi connectivity index (χ4n) is 1.71. The highest BCUT2D eigenvalue weighted by atomic mass is 32.1. The molecule has 92 valence electrons. The van der Waals surface area contributed by atoms with Crippen molar-refractivity contribution in [1.82, 2.24) is 0 Å². The van der Waals surface area contributed by atoms with Gasteiger partial charge < -0.3 is 10.2 Å². The van der Waals surface area contributed by atoms with Gasteiger partial charge in [-0.1, -0.05) is 20.8 Å². The van der Waals surface area contributed by atoms with Crippen LogP contribution in [-0.2, 0) is 5.41 Å². The molecule has 2 aromatic rings. The van der Waals surface area contributed by atoms with Gasteiger partial charge >= 0.3 is 0 Å². The second-order valence-electron chi connectivity index (χ2n) is 5.42. The van der Waals surface area contributed by atoms with E-state index in [1.54, 1.807) is 17.6 Å². The van der Waals surface area contributed by atoms with E-state index in [4.69, 9.17) is 10.2 Å². The fraction of sp³-hybridized carbons (Fsp3) is 0.429. The molecule has 2 aromatic heterocycles. The summed E-state index contributed by atoms with van der Waals surface area (Å²) in [4.78, 5) is 2.55. The van der Waals surface area contributed by atoms with Crippen LogP contribution in [-0.4, -0.2) is 0 Å². The first-order valence-electron chi connectivity index (χ1n) is 5.79. The van der Waals surface area contributed by atoms with Gasteiger partial charge in [-0.05, 0) is 30.5 Å². The molecule has 0 radical (unpaired) electrons. The van der Waals surface area contributed by atoms with Crippen molar-refractivity contribution < 1.29 is 4.42 Å². The van der Waals surface area contributed by atoms with Crippen LogP contribution in [0.5, 0.6) is 0 Å². The minimum Gasteiger partial charge on any atom is -0.469 e. The Balaban J connectivity index is 2.26. The number of aryl methyl sites for hydroxylation is 1. The molecule has 0 aliphatic heterocycles. The fourth-order valence-corrected chi connectivity index (χ4v) is 2.81. The van der Waals surface area contributed by atoms with E-state index >= 15 is 0 Å². The molecular weight excluding hydrogens is 230 g/mol. The van der Waals surface area contributed by atoms with Gasteiger partial charge in [0.25, 0.3) is 0 Å². The molecule has 1 atom stereocenters. The molecule has 2 nitrogen and oxygen atoms in total. The summed E-state index contributed by atoms with van der Waals surface area (Å²) in [6.45, 7) is 8.59. The zero-order valence-electron chi connectivity index (χ0n) is 10.8. The van der Waals surface area contributed by atoms with Crippen LogP contribution in [0.3, 0.4) is 0 Å². The maximum atomic E-state index is 6.24. The first-order chi connectivity index (χ1) is 7.88. The van der Waals surface area contributed by atoms with Crippen molar-refractivity contribution in [2.24, 2.45) is 5.73 Å². The van der Waals surface area contributed by atoms with E-state index in [0.29, 0.717) is 0 Å². The third kappa shape index (κ3) is 2.61. The van der Waals surface area contributed by atoms with Gasteiger partial charge in [0.1, 0.15) is 5.76 Å². The summed E-state index contributed by atoms with van der Waals surface area (Å²) in [6.07, 6.45) is 1.75. The SMILES string of the molecule is Cc1cc(C(N)c2ccc(C(C)(C)C)s2)co1. The Kier molecular flexibility index (Phi) is 3.15. The van der Waals surface area contributed by atoms with Crippen molar-refractivity contribution in [1.29, 1.82) is 0 Å². The Morgan fingerprint density at radius 1 is 1.29 bits per heavy atom. The molecule has 0 bridgehead atoms. The molecule has 0 saturated carbocycles. The molecule has 2 heterocycles. The summed E-state index contributed by atoms with van der Waals surface area (Å²) >= 11 is 1.79. The lowest BCUT2D eigenvalue weighted by atomic mass is 9.95. The quantitative estimate of drug-likeness (QED) is 0.874. The highest BCUT2D eigenvalue weighted by Crippen LogP contribution is 2.33. The van der Waals surface area contributed by atoms with Crippen molar-refractivity contribution in [3.63, 3.8) is 0 Å². The van der Waals surface area contributed by atoms with E-state index in [9.17, 15) is 0 Å². The molecule has 0 spiro atoms. The van der Waals surface area contributed by atoms with Crippen LogP contribution in [0.15, 0.2) is 28.9 Å². The summed E-state index contributed by atoms with van der Waals surface area (Å²) in [7, 11) is 0. The Bertz CT molecular complexity index is 504. The minimum absolute atomic E-state index is 0.0754. The van der Waals surface area contributed by atoms with E-state index in [1.165, 1.54) is 9.75 Å². The van der Waals surface area contributed by atoms with Crippen molar-refractivity contribution in [2.45, 2.75) is 39.2 Å². The smallest absolute Gasteiger partial charge is 0.101 e. The van der Waals surface area contributed by atoms with Crippen LogP contribution in [0, 0.1) is 6.92 Å². The number of thiophene rings is 1. The van der Waals surface area contributed by atoms with Crippen LogP contribution >= 0.6 is 11.3 Å². The van der Waals surface area contributed by atoms with Gasteiger partial charge in [0.15, 0.2) is 0 Å². The molecular formula is C14H19NOS. The second-order valence-corrected chi connectivity index (χ2v) is 6.54.